The predicted octanol–water partition coefficient (Wildman–Crippen LogP) is 5.58. The van der Waals surface area contributed by atoms with Gasteiger partial charge in [-0.15, -0.1) is 0 Å². The molecule has 11 heteroatoms. The standard InChI is InChI=1S/C35H38FN3O7/c1-21(2)39-28(16-15-26(40)18-27(41)19-30(42)45-3)31(23-10-13-25(36)14-11-23)32(22-8-6-5-7-9-22)33(39)34(43)38-29-17-12-24(20-37-29)35(44)46-4/h5-14,17,20-21,26-27,40-41H,15-16,18-19H2,1-4H3,(H,37,38,43). The SMILES string of the molecule is COC(=O)CC(O)CC(O)CCc1c(-c2ccc(F)cc2)c(-c2ccccc2)c(C(=O)Nc2ccc(C(=O)OC)cn2)n1C(C)C. The molecule has 0 fully saturated rings. The number of amides is 1. The maximum Gasteiger partial charge on any atom is 0.339 e. The van der Waals surface area contributed by atoms with E-state index in [1.165, 1.54) is 44.7 Å². The number of pyridine rings is 1. The topological polar surface area (TPSA) is 140 Å². The molecule has 3 N–H and O–H groups in total. The van der Waals surface area contributed by atoms with E-state index in [2.05, 4.69) is 15.0 Å². The first-order valence-corrected chi connectivity index (χ1v) is 14.9. The summed E-state index contributed by atoms with van der Waals surface area (Å²) < 4.78 is 25.4. The van der Waals surface area contributed by atoms with Crippen LogP contribution in [-0.4, -0.2) is 64.0 Å². The average Bonchev–Trinajstić information content (AvgIpc) is 3.40. The summed E-state index contributed by atoms with van der Waals surface area (Å²) in [4.78, 5) is 41.9. The fraction of sp³-hybridized carbons (Fsp3) is 0.314. The van der Waals surface area contributed by atoms with Gasteiger partial charge in [-0.25, -0.2) is 14.2 Å². The van der Waals surface area contributed by atoms with Gasteiger partial charge in [-0.1, -0.05) is 42.5 Å². The van der Waals surface area contributed by atoms with Crippen LogP contribution in [-0.2, 0) is 20.7 Å². The van der Waals surface area contributed by atoms with Crippen molar-refractivity contribution in [3.05, 3.63) is 95.7 Å². The third kappa shape index (κ3) is 8.04. The van der Waals surface area contributed by atoms with E-state index in [0.717, 1.165) is 11.3 Å². The zero-order chi connectivity index (χ0) is 33.4. The molecule has 2 aromatic carbocycles. The third-order valence-corrected chi connectivity index (χ3v) is 7.55. The van der Waals surface area contributed by atoms with Crippen molar-refractivity contribution in [1.82, 2.24) is 9.55 Å². The van der Waals surface area contributed by atoms with Gasteiger partial charge < -0.3 is 29.6 Å². The van der Waals surface area contributed by atoms with E-state index in [4.69, 9.17) is 4.74 Å². The first kappa shape index (κ1) is 34.0. The van der Waals surface area contributed by atoms with Crippen LogP contribution >= 0.6 is 0 Å². The van der Waals surface area contributed by atoms with Gasteiger partial charge in [0.25, 0.3) is 5.91 Å². The van der Waals surface area contributed by atoms with Crippen LogP contribution < -0.4 is 5.32 Å². The van der Waals surface area contributed by atoms with Crippen LogP contribution in [0, 0.1) is 5.82 Å². The highest BCUT2D eigenvalue weighted by Gasteiger charge is 2.31. The number of rotatable bonds is 13. The first-order valence-electron chi connectivity index (χ1n) is 14.9. The Hall–Kier alpha value is -4.87. The van der Waals surface area contributed by atoms with Gasteiger partial charge in [0.2, 0.25) is 0 Å². The zero-order valence-corrected chi connectivity index (χ0v) is 26.2. The second-order valence-corrected chi connectivity index (χ2v) is 11.1. The average molecular weight is 632 g/mol. The summed E-state index contributed by atoms with van der Waals surface area (Å²) in [5.41, 5.74) is 4.00. The molecule has 1 amide bonds. The molecule has 10 nitrogen and oxygen atoms in total. The van der Waals surface area contributed by atoms with Crippen LogP contribution in [0.4, 0.5) is 10.2 Å². The molecular weight excluding hydrogens is 593 g/mol. The lowest BCUT2D eigenvalue weighted by Gasteiger charge is -2.20. The van der Waals surface area contributed by atoms with E-state index in [0.29, 0.717) is 22.4 Å². The molecule has 0 aliphatic rings. The fourth-order valence-corrected chi connectivity index (χ4v) is 5.47. The maximum atomic E-state index is 14.2. The van der Waals surface area contributed by atoms with Crippen molar-refractivity contribution in [3.63, 3.8) is 0 Å². The number of hydrogen-bond donors (Lipinski definition) is 3. The molecule has 0 radical (unpaired) electrons. The van der Waals surface area contributed by atoms with Gasteiger partial charge in [0.05, 0.1) is 38.4 Å². The van der Waals surface area contributed by atoms with Gasteiger partial charge in [-0.05, 0) is 68.5 Å². The summed E-state index contributed by atoms with van der Waals surface area (Å²) in [6.45, 7) is 3.87. The van der Waals surface area contributed by atoms with Crippen LogP contribution in [0.5, 0.6) is 0 Å². The molecule has 4 rings (SSSR count). The summed E-state index contributed by atoms with van der Waals surface area (Å²) in [6, 6.07) is 18.1. The van der Waals surface area contributed by atoms with E-state index in [1.54, 1.807) is 12.1 Å². The molecule has 0 bridgehead atoms. The summed E-state index contributed by atoms with van der Waals surface area (Å²) >= 11 is 0. The molecular formula is C35H38FN3O7. The number of aliphatic hydroxyl groups excluding tert-OH is 2. The van der Waals surface area contributed by atoms with E-state index >= 15 is 0 Å². The molecule has 0 saturated carbocycles. The molecule has 2 heterocycles. The summed E-state index contributed by atoms with van der Waals surface area (Å²) in [5.74, 6) is -1.80. The Morgan fingerprint density at radius 1 is 0.891 bits per heavy atom. The number of esters is 2. The highest BCUT2D eigenvalue weighted by atomic mass is 19.1. The molecule has 0 saturated heterocycles. The highest BCUT2D eigenvalue weighted by molar-refractivity contribution is 6.11. The van der Waals surface area contributed by atoms with Gasteiger partial charge in [0.1, 0.15) is 17.3 Å². The molecule has 2 unspecified atom stereocenters. The number of benzene rings is 2. The second-order valence-electron chi connectivity index (χ2n) is 11.1. The van der Waals surface area contributed by atoms with Crippen molar-refractivity contribution >= 4 is 23.7 Å². The Morgan fingerprint density at radius 2 is 1.57 bits per heavy atom. The molecule has 242 valence electrons. The zero-order valence-electron chi connectivity index (χ0n) is 26.2. The number of halogens is 1. The summed E-state index contributed by atoms with van der Waals surface area (Å²) in [7, 11) is 2.50. The fourth-order valence-electron chi connectivity index (χ4n) is 5.47. The van der Waals surface area contributed by atoms with Gasteiger partial charge in [-0.2, -0.15) is 0 Å². The second kappa shape index (κ2) is 15.4. The Kier molecular flexibility index (Phi) is 11.4. The first-order chi connectivity index (χ1) is 22.0. The lowest BCUT2D eigenvalue weighted by molar-refractivity contribution is -0.143. The Morgan fingerprint density at radius 3 is 2.15 bits per heavy atom. The normalized spacial score (nSPS) is 12.4. The number of carbonyl (C=O) groups is 3. The third-order valence-electron chi connectivity index (χ3n) is 7.55. The Labute approximate surface area is 266 Å². The molecule has 0 aliphatic heterocycles. The van der Waals surface area contributed by atoms with E-state index in [9.17, 15) is 29.0 Å². The van der Waals surface area contributed by atoms with Gasteiger partial charge in [0, 0.05) is 29.1 Å². The highest BCUT2D eigenvalue weighted by Crippen LogP contribution is 2.42. The quantitative estimate of drug-likeness (QED) is 0.163. The summed E-state index contributed by atoms with van der Waals surface area (Å²) in [5, 5.41) is 24.0. The Balaban J connectivity index is 1.84. The van der Waals surface area contributed by atoms with Gasteiger partial charge in [-0.3, -0.25) is 9.59 Å². The van der Waals surface area contributed by atoms with Crippen LogP contribution in [0.2, 0.25) is 0 Å². The van der Waals surface area contributed by atoms with Crippen molar-refractivity contribution in [1.29, 1.82) is 0 Å². The number of nitrogens with one attached hydrogen (secondary N) is 1. The number of anilines is 1. The predicted molar refractivity (Wildman–Crippen MR) is 171 cm³/mol. The van der Waals surface area contributed by atoms with Crippen molar-refractivity contribution in [2.45, 2.75) is 57.8 Å². The number of carbonyl (C=O) groups excluding carboxylic acids is 3. The van der Waals surface area contributed by atoms with E-state index in [1.807, 2.05) is 48.7 Å². The lowest BCUT2D eigenvalue weighted by Crippen LogP contribution is -2.23. The number of ether oxygens (including phenoxy) is 2. The number of hydrogen-bond acceptors (Lipinski definition) is 8. The van der Waals surface area contributed by atoms with Crippen molar-refractivity contribution < 1.29 is 38.5 Å². The van der Waals surface area contributed by atoms with Gasteiger partial charge >= 0.3 is 11.9 Å². The molecule has 2 atom stereocenters. The van der Waals surface area contributed by atoms with Crippen molar-refractivity contribution in [3.8, 4) is 22.3 Å². The van der Waals surface area contributed by atoms with E-state index < -0.39 is 35.9 Å². The molecule has 0 aliphatic carbocycles. The number of nitrogens with zero attached hydrogens (tertiary/aromatic N) is 2. The smallest absolute Gasteiger partial charge is 0.339 e. The number of aromatic nitrogens is 2. The molecule has 46 heavy (non-hydrogen) atoms. The molecule has 4 aromatic rings. The minimum atomic E-state index is -1.09. The number of methoxy groups -OCH3 is 2. The maximum absolute atomic E-state index is 14.2. The molecule has 2 aromatic heterocycles. The minimum Gasteiger partial charge on any atom is -0.469 e. The van der Waals surface area contributed by atoms with Gasteiger partial charge in [0.15, 0.2) is 0 Å². The van der Waals surface area contributed by atoms with Crippen LogP contribution in [0.3, 0.4) is 0 Å². The number of aliphatic hydroxyl groups is 2. The molecule has 0 spiro atoms. The van der Waals surface area contributed by atoms with Crippen LogP contribution in [0.25, 0.3) is 22.3 Å². The summed E-state index contributed by atoms with van der Waals surface area (Å²) in [6.07, 6.45) is -0.539. The van der Waals surface area contributed by atoms with Crippen LogP contribution in [0.1, 0.15) is 65.7 Å². The van der Waals surface area contributed by atoms with Crippen LogP contribution in [0.15, 0.2) is 72.9 Å². The van der Waals surface area contributed by atoms with Crippen molar-refractivity contribution in [2.75, 3.05) is 19.5 Å². The Bertz CT molecular complexity index is 1650. The van der Waals surface area contributed by atoms with Crippen molar-refractivity contribution in [2.24, 2.45) is 0 Å². The monoisotopic (exact) mass is 631 g/mol. The van der Waals surface area contributed by atoms with E-state index in [-0.39, 0.29) is 43.1 Å². The largest absolute Gasteiger partial charge is 0.469 e. The minimum absolute atomic E-state index is 0.0461. The lowest BCUT2D eigenvalue weighted by atomic mass is 9.92.